The molecule has 0 aromatic rings. The minimum absolute atomic E-state index is 0.404. The van der Waals surface area contributed by atoms with Gasteiger partial charge in [-0.1, -0.05) is 109 Å². The molecule has 156 valence electrons. The molecule has 0 aromatic heterocycles. The monoisotopic (exact) mass is 379 g/mol. The van der Waals surface area contributed by atoms with Gasteiger partial charge >= 0.3 is 5.97 Å². The zero-order chi connectivity index (χ0) is 19.8. The molecule has 0 radical (unpaired) electrons. The van der Waals surface area contributed by atoms with E-state index in [1.165, 1.54) is 83.1 Å². The molecule has 0 aromatic carbocycles. The van der Waals surface area contributed by atoms with Crippen molar-refractivity contribution < 1.29 is 14.6 Å². The van der Waals surface area contributed by atoms with Gasteiger partial charge in [0.15, 0.2) is 0 Å². The second kappa shape index (κ2) is 14.9. The maximum atomic E-state index is 12.0. The van der Waals surface area contributed by atoms with Crippen molar-refractivity contribution in [2.24, 2.45) is 11.7 Å². The number of hydrogen-bond acceptors (Lipinski definition) is 4. The lowest BCUT2D eigenvalue weighted by Crippen LogP contribution is -2.49. The summed E-state index contributed by atoms with van der Waals surface area (Å²) in [6.07, 6.45) is 24.6. The van der Waals surface area contributed by atoms with E-state index in [9.17, 15) is 9.90 Å². The summed E-state index contributed by atoms with van der Waals surface area (Å²) >= 11 is 0. The predicted octanol–water partition coefficient (Wildman–Crippen LogP) is 5.40. The summed E-state index contributed by atoms with van der Waals surface area (Å²) in [5, 5.41) is 9.97. The molecule has 0 aliphatic heterocycles. The number of ether oxygens (including phenoxy) is 1. The topological polar surface area (TPSA) is 72.5 Å². The predicted molar refractivity (Wildman–Crippen MR) is 112 cm³/mol. The summed E-state index contributed by atoms with van der Waals surface area (Å²) < 4.78 is 5.26. The van der Waals surface area contributed by atoms with Crippen LogP contribution < -0.4 is 5.73 Å². The molecule has 27 heavy (non-hydrogen) atoms. The number of rotatable bonds is 16. The van der Waals surface area contributed by atoms with E-state index < -0.39 is 17.6 Å². The summed E-state index contributed by atoms with van der Waals surface area (Å²) in [4.78, 5) is 12.0. The molecule has 0 fully saturated rings. The van der Waals surface area contributed by atoms with Crippen LogP contribution in [0.15, 0.2) is 24.3 Å². The SMILES string of the molecule is CCCCCCCCCCCCCCCCOC(=O)C1C=CC=CC1(N)O. The van der Waals surface area contributed by atoms with E-state index in [1.807, 2.05) is 0 Å². The number of nitrogens with two attached hydrogens (primary N) is 1. The molecule has 1 aliphatic carbocycles. The van der Waals surface area contributed by atoms with Crippen LogP contribution >= 0.6 is 0 Å². The number of carbonyl (C=O) groups is 1. The van der Waals surface area contributed by atoms with E-state index in [1.54, 1.807) is 18.2 Å². The van der Waals surface area contributed by atoms with E-state index >= 15 is 0 Å². The van der Waals surface area contributed by atoms with Crippen LogP contribution in [0.5, 0.6) is 0 Å². The summed E-state index contributed by atoms with van der Waals surface area (Å²) in [5.74, 6) is -1.26. The molecule has 2 unspecified atom stereocenters. The van der Waals surface area contributed by atoms with Crippen molar-refractivity contribution in [2.75, 3.05) is 6.61 Å². The first-order valence-corrected chi connectivity index (χ1v) is 11.1. The Labute approximate surface area is 166 Å². The number of allylic oxidation sites excluding steroid dienone is 2. The van der Waals surface area contributed by atoms with Crippen LogP contribution in [0.25, 0.3) is 0 Å². The molecule has 1 aliphatic rings. The average molecular weight is 380 g/mol. The first-order valence-electron chi connectivity index (χ1n) is 11.1. The molecule has 4 nitrogen and oxygen atoms in total. The third kappa shape index (κ3) is 11.3. The number of unbranched alkanes of at least 4 members (excludes halogenated alkanes) is 13. The van der Waals surface area contributed by atoms with Gasteiger partial charge in [0, 0.05) is 0 Å². The van der Waals surface area contributed by atoms with E-state index in [4.69, 9.17) is 10.5 Å². The van der Waals surface area contributed by atoms with E-state index in [-0.39, 0.29) is 0 Å². The molecular formula is C23H41NO3. The van der Waals surface area contributed by atoms with Crippen molar-refractivity contribution in [3.8, 4) is 0 Å². The second-order valence-corrected chi connectivity index (χ2v) is 7.87. The van der Waals surface area contributed by atoms with Gasteiger partial charge in [-0.05, 0) is 12.5 Å². The summed E-state index contributed by atoms with van der Waals surface area (Å²) in [6, 6.07) is 0. The fourth-order valence-corrected chi connectivity index (χ4v) is 3.47. The first-order chi connectivity index (χ1) is 13.1. The Morgan fingerprint density at radius 1 is 0.889 bits per heavy atom. The molecule has 0 saturated heterocycles. The number of esters is 1. The van der Waals surface area contributed by atoms with Gasteiger partial charge in [0.2, 0.25) is 0 Å². The maximum absolute atomic E-state index is 12.0. The van der Waals surface area contributed by atoms with Crippen molar-refractivity contribution in [1.82, 2.24) is 0 Å². The highest BCUT2D eigenvalue weighted by Crippen LogP contribution is 2.21. The highest BCUT2D eigenvalue weighted by Gasteiger charge is 2.36. The van der Waals surface area contributed by atoms with Crippen LogP contribution in [0, 0.1) is 5.92 Å². The Morgan fingerprint density at radius 2 is 1.37 bits per heavy atom. The van der Waals surface area contributed by atoms with Crippen molar-refractivity contribution in [3.63, 3.8) is 0 Å². The average Bonchev–Trinajstić information content (AvgIpc) is 2.64. The van der Waals surface area contributed by atoms with Crippen molar-refractivity contribution in [3.05, 3.63) is 24.3 Å². The van der Waals surface area contributed by atoms with Crippen molar-refractivity contribution >= 4 is 5.97 Å². The lowest BCUT2D eigenvalue weighted by molar-refractivity contribution is -0.153. The van der Waals surface area contributed by atoms with Crippen LogP contribution in [-0.4, -0.2) is 23.4 Å². The molecule has 0 bridgehead atoms. The van der Waals surface area contributed by atoms with Gasteiger partial charge in [0.05, 0.1) is 6.61 Å². The van der Waals surface area contributed by atoms with Gasteiger partial charge in [0.1, 0.15) is 11.6 Å². The van der Waals surface area contributed by atoms with E-state index in [0.29, 0.717) is 6.61 Å². The van der Waals surface area contributed by atoms with Gasteiger partial charge in [-0.25, -0.2) is 0 Å². The Kier molecular flexibility index (Phi) is 13.2. The third-order valence-electron chi connectivity index (χ3n) is 5.27. The minimum Gasteiger partial charge on any atom is -0.465 e. The molecular weight excluding hydrogens is 338 g/mol. The first kappa shape index (κ1) is 23.9. The molecule has 2 atom stereocenters. The summed E-state index contributed by atoms with van der Waals surface area (Å²) in [6.45, 7) is 2.67. The standard InChI is InChI=1S/C23H41NO3/c1-2-3-4-5-6-7-8-9-10-11-12-13-14-17-20-27-22(25)21-18-15-16-19-23(21,24)26/h15-16,18-19,21,26H,2-14,17,20,24H2,1H3. The third-order valence-corrected chi connectivity index (χ3v) is 5.27. The molecule has 0 amide bonds. The van der Waals surface area contributed by atoms with Gasteiger partial charge in [-0.15, -0.1) is 0 Å². The Morgan fingerprint density at radius 3 is 1.85 bits per heavy atom. The highest BCUT2D eigenvalue weighted by molar-refractivity contribution is 5.76. The van der Waals surface area contributed by atoms with E-state index in [0.717, 1.165) is 12.8 Å². The molecule has 0 saturated carbocycles. The molecule has 4 heteroatoms. The number of aliphatic hydroxyl groups is 1. The van der Waals surface area contributed by atoms with Gasteiger partial charge in [-0.3, -0.25) is 10.5 Å². The molecule has 0 spiro atoms. The van der Waals surface area contributed by atoms with Crippen LogP contribution in [-0.2, 0) is 9.53 Å². The highest BCUT2D eigenvalue weighted by atomic mass is 16.5. The zero-order valence-corrected chi connectivity index (χ0v) is 17.3. The Hall–Kier alpha value is -1.13. The zero-order valence-electron chi connectivity index (χ0n) is 17.3. The van der Waals surface area contributed by atoms with Crippen molar-refractivity contribution in [2.45, 2.75) is 103 Å². The molecule has 3 N–H and O–H groups in total. The van der Waals surface area contributed by atoms with Crippen LogP contribution in [0.1, 0.15) is 96.8 Å². The van der Waals surface area contributed by atoms with Gasteiger partial charge in [-0.2, -0.15) is 0 Å². The minimum atomic E-state index is -1.64. The second-order valence-electron chi connectivity index (χ2n) is 7.87. The van der Waals surface area contributed by atoms with Crippen molar-refractivity contribution in [1.29, 1.82) is 0 Å². The summed E-state index contributed by atoms with van der Waals surface area (Å²) in [7, 11) is 0. The maximum Gasteiger partial charge on any atom is 0.317 e. The normalized spacial score (nSPS) is 21.5. The van der Waals surface area contributed by atoms with Gasteiger partial charge < -0.3 is 9.84 Å². The fraction of sp³-hybridized carbons (Fsp3) is 0.783. The van der Waals surface area contributed by atoms with Crippen LogP contribution in [0.4, 0.5) is 0 Å². The smallest absolute Gasteiger partial charge is 0.317 e. The lowest BCUT2D eigenvalue weighted by Gasteiger charge is -2.27. The Bertz CT molecular complexity index is 443. The largest absolute Gasteiger partial charge is 0.465 e. The molecule has 1 rings (SSSR count). The fourth-order valence-electron chi connectivity index (χ4n) is 3.47. The lowest BCUT2D eigenvalue weighted by atomic mass is 9.92. The quantitative estimate of drug-likeness (QED) is 0.214. The summed E-state index contributed by atoms with van der Waals surface area (Å²) in [5.41, 5.74) is 4.06. The van der Waals surface area contributed by atoms with E-state index in [2.05, 4.69) is 6.92 Å². The van der Waals surface area contributed by atoms with Crippen LogP contribution in [0.3, 0.4) is 0 Å². The molecule has 0 heterocycles. The van der Waals surface area contributed by atoms with Crippen LogP contribution in [0.2, 0.25) is 0 Å². The van der Waals surface area contributed by atoms with Gasteiger partial charge in [0.25, 0.3) is 0 Å². The number of hydrogen-bond donors (Lipinski definition) is 2. The Balaban J connectivity index is 1.86. The number of carbonyl (C=O) groups excluding carboxylic acids is 1.